The summed E-state index contributed by atoms with van der Waals surface area (Å²) in [5.74, 6) is 0.958. The van der Waals surface area contributed by atoms with E-state index in [-0.39, 0.29) is 18.2 Å². The molecule has 2 amide bonds. The maximum absolute atomic E-state index is 13.6. The maximum atomic E-state index is 13.6. The number of thioether (sulfide) groups is 1. The summed E-state index contributed by atoms with van der Waals surface area (Å²) < 4.78 is 10.8. The van der Waals surface area contributed by atoms with Crippen molar-refractivity contribution in [2.24, 2.45) is 4.99 Å². The van der Waals surface area contributed by atoms with Crippen LogP contribution in [0.25, 0.3) is 10.8 Å². The Balaban J connectivity index is 1.32. The Labute approximate surface area is 238 Å². The molecule has 1 fully saturated rings. The third kappa shape index (κ3) is 6.29. The average Bonchev–Trinajstić information content (AvgIpc) is 3.25. The van der Waals surface area contributed by atoms with E-state index in [1.54, 1.807) is 19.1 Å². The number of hydrogen-bond acceptors (Lipinski definition) is 6. The first-order valence-electron chi connectivity index (χ1n) is 13.1. The van der Waals surface area contributed by atoms with Crippen molar-refractivity contribution in [3.8, 4) is 11.5 Å². The molecule has 1 aliphatic rings. The zero-order chi connectivity index (χ0) is 28.1. The summed E-state index contributed by atoms with van der Waals surface area (Å²) in [5.41, 5.74) is 3.60. The smallest absolute Gasteiger partial charge is 0.242 e. The van der Waals surface area contributed by atoms with Gasteiger partial charge >= 0.3 is 0 Å². The van der Waals surface area contributed by atoms with E-state index < -0.39 is 5.25 Å². The van der Waals surface area contributed by atoms with Crippen molar-refractivity contribution in [2.45, 2.75) is 25.0 Å². The van der Waals surface area contributed by atoms with Crippen molar-refractivity contribution < 1.29 is 19.1 Å². The predicted molar refractivity (Wildman–Crippen MR) is 162 cm³/mol. The monoisotopic (exact) mass is 553 g/mol. The van der Waals surface area contributed by atoms with Crippen LogP contribution in [0.1, 0.15) is 17.5 Å². The molecular weight excluding hydrogens is 522 g/mol. The Hall–Kier alpha value is -4.30. The molecule has 1 N–H and O–H groups in total. The lowest BCUT2D eigenvalue weighted by molar-refractivity contribution is -0.128. The number of rotatable bonds is 9. The number of anilines is 1. The summed E-state index contributed by atoms with van der Waals surface area (Å²) in [7, 11) is 3.20. The van der Waals surface area contributed by atoms with Gasteiger partial charge in [-0.3, -0.25) is 14.5 Å². The molecule has 8 heteroatoms. The molecule has 1 heterocycles. The normalized spacial score (nSPS) is 16.0. The number of nitrogens with one attached hydrogen (secondary N) is 1. The lowest BCUT2D eigenvalue weighted by Crippen LogP contribution is -2.35. The molecule has 0 saturated carbocycles. The largest absolute Gasteiger partial charge is 0.493 e. The van der Waals surface area contributed by atoms with Gasteiger partial charge in [0.2, 0.25) is 11.8 Å². The Kier molecular flexibility index (Phi) is 8.36. The van der Waals surface area contributed by atoms with E-state index in [4.69, 9.17) is 14.5 Å². The van der Waals surface area contributed by atoms with Gasteiger partial charge in [-0.1, -0.05) is 65.9 Å². The summed E-state index contributed by atoms with van der Waals surface area (Å²) in [4.78, 5) is 33.1. The Morgan fingerprint density at radius 1 is 0.925 bits per heavy atom. The second-order valence-corrected chi connectivity index (χ2v) is 10.7. The Morgan fingerprint density at radius 3 is 2.42 bits per heavy atom. The summed E-state index contributed by atoms with van der Waals surface area (Å²) >= 11 is 1.34. The number of amides is 2. The highest BCUT2D eigenvalue weighted by Crippen LogP contribution is 2.33. The molecule has 0 aliphatic carbocycles. The van der Waals surface area contributed by atoms with Crippen LogP contribution in [0.5, 0.6) is 11.5 Å². The summed E-state index contributed by atoms with van der Waals surface area (Å²) in [6.07, 6.45) is 0.645. The highest BCUT2D eigenvalue weighted by molar-refractivity contribution is 8.15. The minimum absolute atomic E-state index is 0.0517. The molecule has 4 aromatic carbocycles. The topological polar surface area (TPSA) is 80.2 Å². The molecular formula is C32H31N3O4S. The minimum atomic E-state index is -0.560. The quantitative estimate of drug-likeness (QED) is 0.261. The molecule has 5 rings (SSSR count). The SMILES string of the molecule is COc1ccc(CCN2C(=O)[C@@H](CC(=O)Nc3ccc4ccccc4c3)SC2=Nc2ccc(C)cc2)cc1OC. The van der Waals surface area contributed by atoms with Gasteiger partial charge in [0.15, 0.2) is 16.7 Å². The highest BCUT2D eigenvalue weighted by atomic mass is 32.2. The van der Waals surface area contributed by atoms with Crippen LogP contribution >= 0.6 is 11.8 Å². The van der Waals surface area contributed by atoms with Crippen molar-refractivity contribution in [3.05, 3.63) is 96.1 Å². The van der Waals surface area contributed by atoms with Crippen molar-refractivity contribution in [1.82, 2.24) is 4.90 Å². The average molecular weight is 554 g/mol. The number of benzene rings is 4. The van der Waals surface area contributed by atoms with E-state index in [1.807, 2.05) is 91.9 Å². The summed E-state index contributed by atoms with van der Waals surface area (Å²) in [6.45, 7) is 2.44. The number of methoxy groups -OCH3 is 2. The zero-order valence-corrected chi connectivity index (χ0v) is 23.5. The van der Waals surface area contributed by atoms with Gasteiger partial charge in [0.25, 0.3) is 0 Å². The molecule has 0 aromatic heterocycles. The van der Waals surface area contributed by atoms with Crippen LogP contribution in [0.4, 0.5) is 11.4 Å². The number of nitrogens with zero attached hydrogens (tertiary/aromatic N) is 2. The molecule has 40 heavy (non-hydrogen) atoms. The lowest BCUT2D eigenvalue weighted by atomic mass is 10.1. The molecule has 1 aliphatic heterocycles. The number of carbonyl (C=O) groups is 2. The number of aryl methyl sites for hydroxylation is 1. The maximum Gasteiger partial charge on any atom is 0.242 e. The van der Waals surface area contributed by atoms with E-state index in [0.29, 0.717) is 35.3 Å². The number of aliphatic imine (C=N–C) groups is 1. The standard InChI is InChI=1S/C32H31N3O4S/c1-21-8-12-25(13-9-21)34-32-35(17-16-22-10-15-27(38-2)28(18-22)39-3)31(37)29(40-32)20-30(36)33-26-14-11-23-6-4-5-7-24(23)19-26/h4-15,18-19,29H,16-17,20H2,1-3H3,(H,33,36)/t29-/m1/s1. The number of carbonyl (C=O) groups excluding carboxylic acids is 2. The van der Waals surface area contributed by atoms with Gasteiger partial charge in [0, 0.05) is 18.7 Å². The van der Waals surface area contributed by atoms with Gasteiger partial charge in [0.05, 0.1) is 19.9 Å². The molecule has 0 radical (unpaired) electrons. The second kappa shape index (κ2) is 12.3. The second-order valence-electron chi connectivity index (χ2n) is 9.58. The first-order valence-corrected chi connectivity index (χ1v) is 13.9. The van der Waals surface area contributed by atoms with Crippen molar-refractivity contribution in [2.75, 3.05) is 26.1 Å². The number of fused-ring (bicyclic) bond motifs is 1. The molecule has 4 aromatic rings. The van der Waals surface area contributed by atoms with Gasteiger partial charge in [-0.25, -0.2) is 4.99 Å². The van der Waals surface area contributed by atoms with Crippen LogP contribution in [0, 0.1) is 6.92 Å². The van der Waals surface area contributed by atoms with Crippen LogP contribution in [0.2, 0.25) is 0 Å². The van der Waals surface area contributed by atoms with Gasteiger partial charge in [-0.2, -0.15) is 0 Å². The van der Waals surface area contributed by atoms with Gasteiger partial charge in [0.1, 0.15) is 5.25 Å². The van der Waals surface area contributed by atoms with Crippen LogP contribution in [0.3, 0.4) is 0 Å². The molecule has 1 saturated heterocycles. The van der Waals surface area contributed by atoms with E-state index in [9.17, 15) is 9.59 Å². The molecule has 0 bridgehead atoms. The third-order valence-electron chi connectivity index (χ3n) is 6.75. The van der Waals surface area contributed by atoms with E-state index in [2.05, 4.69) is 5.32 Å². The van der Waals surface area contributed by atoms with Gasteiger partial charge in [-0.15, -0.1) is 0 Å². The van der Waals surface area contributed by atoms with Crippen LogP contribution in [-0.4, -0.2) is 47.9 Å². The van der Waals surface area contributed by atoms with Crippen LogP contribution in [0.15, 0.2) is 89.9 Å². The highest BCUT2D eigenvalue weighted by Gasteiger charge is 2.39. The van der Waals surface area contributed by atoms with Gasteiger partial charge < -0.3 is 14.8 Å². The van der Waals surface area contributed by atoms with E-state index in [0.717, 1.165) is 27.6 Å². The number of ether oxygens (including phenoxy) is 2. The molecule has 204 valence electrons. The summed E-state index contributed by atoms with van der Waals surface area (Å²) in [6, 6.07) is 27.3. The summed E-state index contributed by atoms with van der Waals surface area (Å²) in [5, 5.41) is 5.14. The minimum Gasteiger partial charge on any atom is -0.493 e. The molecule has 0 unspecified atom stereocenters. The fourth-order valence-electron chi connectivity index (χ4n) is 4.59. The number of amidine groups is 1. The van der Waals surface area contributed by atoms with E-state index >= 15 is 0 Å². The Bertz CT molecular complexity index is 1570. The van der Waals surface area contributed by atoms with Crippen molar-refractivity contribution in [3.63, 3.8) is 0 Å². The Morgan fingerprint density at radius 2 is 1.68 bits per heavy atom. The zero-order valence-electron chi connectivity index (χ0n) is 22.7. The fourth-order valence-corrected chi connectivity index (χ4v) is 5.77. The first kappa shape index (κ1) is 27.3. The van der Waals surface area contributed by atoms with Crippen molar-refractivity contribution >= 4 is 50.9 Å². The molecule has 7 nitrogen and oxygen atoms in total. The third-order valence-corrected chi connectivity index (χ3v) is 7.93. The van der Waals surface area contributed by atoms with Gasteiger partial charge in [-0.05, 0) is 66.1 Å². The molecule has 0 spiro atoms. The van der Waals surface area contributed by atoms with Crippen LogP contribution < -0.4 is 14.8 Å². The fraction of sp³-hybridized carbons (Fsp3) is 0.219. The number of hydrogen-bond donors (Lipinski definition) is 1. The lowest BCUT2D eigenvalue weighted by Gasteiger charge is -2.17. The predicted octanol–water partition coefficient (Wildman–Crippen LogP) is 6.37. The van der Waals surface area contributed by atoms with Crippen molar-refractivity contribution in [1.29, 1.82) is 0 Å². The van der Waals surface area contributed by atoms with E-state index in [1.165, 1.54) is 11.8 Å². The first-order chi connectivity index (χ1) is 19.4. The molecule has 1 atom stereocenters. The van der Waals surface area contributed by atoms with Crippen LogP contribution in [-0.2, 0) is 16.0 Å².